The highest BCUT2D eigenvalue weighted by Gasteiger charge is 2.11. The fourth-order valence-electron chi connectivity index (χ4n) is 2.00. The van der Waals surface area contributed by atoms with Crippen LogP contribution < -0.4 is 5.43 Å². The van der Waals surface area contributed by atoms with Gasteiger partial charge in [0.15, 0.2) is 0 Å². The van der Waals surface area contributed by atoms with Gasteiger partial charge in [0, 0.05) is 35.2 Å². The van der Waals surface area contributed by atoms with Crippen molar-refractivity contribution in [1.29, 1.82) is 0 Å². The zero-order valence-corrected chi connectivity index (χ0v) is 16.2. The Hall–Kier alpha value is -0.460. The van der Waals surface area contributed by atoms with Crippen LogP contribution in [-0.4, -0.2) is 55.0 Å². The number of rotatable bonds is 5. The molecule has 1 fully saturated rings. The SMILES string of the molecule is O=C(CCN1CCOCC1)NN=Cc1cc(I)cc(I)c1O. The third-order valence-corrected chi connectivity index (χ3v) is 4.65. The first-order chi connectivity index (χ1) is 10.6. The van der Waals surface area contributed by atoms with Gasteiger partial charge in [-0.25, -0.2) is 5.43 Å². The number of nitrogens with zero attached hydrogens (tertiary/aromatic N) is 2. The predicted molar refractivity (Wildman–Crippen MR) is 101 cm³/mol. The summed E-state index contributed by atoms with van der Waals surface area (Å²) in [5.74, 6) is 0.0369. The van der Waals surface area contributed by atoms with Crippen LogP contribution in [0.15, 0.2) is 17.2 Å². The Morgan fingerprint density at radius 3 is 2.86 bits per heavy atom. The Labute approximate surface area is 156 Å². The third kappa shape index (κ3) is 5.63. The first-order valence-corrected chi connectivity index (χ1v) is 9.02. The highest BCUT2D eigenvalue weighted by molar-refractivity contribution is 14.1. The molecule has 2 N–H and O–H groups in total. The minimum atomic E-state index is -0.137. The van der Waals surface area contributed by atoms with Gasteiger partial charge in [-0.2, -0.15) is 5.10 Å². The van der Waals surface area contributed by atoms with Gasteiger partial charge in [0.25, 0.3) is 0 Å². The van der Waals surface area contributed by atoms with Crippen LogP contribution in [0, 0.1) is 7.14 Å². The lowest BCUT2D eigenvalue weighted by Gasteiger charge is -2.25. The van der Waals surface area contributed by atoms with Gasteiger partial charge in [-0.15, -0.1) is 0 Å². The summed E-state index contributed by atoms with van der Waals surface area (Å²) in [6.45, 7) is 3.89. The number of aromatic hydroxyl groups is 1. The van der Waals surface area contributed by atoms with Crippen molar-refractivity contribution in [1.82, 2.24) is 10.3 Å². The summed E-state index contributed by atoms with van der Waals surface area (Å²) in [5, 5.41) is 13.8. The van der Waals surface area contributed by atoms with Crippen molar-refractivity contribution in [2.24, 2.45) is 5.10 Å². The number of nitrogens with one attached hydrogen (secondary N) is 1. The summed E-state index contributed by atoms with van der Waals surface area (Å²) in [7, 11) is 0. The summed E-state index contributed by atoms with van der Waals surface area (Å²) in [6, 6.07) is 3.68. The van der Waals surface area contributed by atoms with E-state index in [0.29, 0.717) is 18.5 Å². The molecule has 1 aromatic carbocycles. The van der Waals surface area contributed by atoms with Gasteiger partial charge >= 0.3 is 0 Å². The second kappa shape index (κ2) is 8.99. The summed E-state index contributed by atoms with van der Waals surface area (Å²) >= 11 is 4.23. The van der Waals surface area contributed by atoms with Gasteiger partial charge in [0.1, 0.15) is 5.75 Å². The molecule has 1 aliphatic heterocycles. The van der Waals surface area contributed by atoms with E-state index in [-0.39, 0.29) is 11.7 Å². The second-order valence-electron chi connectivity index (χ2n) is 4.82. The minimum Gasteiger partial charge on any atom is -0.506 e. The minimum absolute atomic E-state index is 0.137. The van der Waals surface area contributed by atoms with E-state index in [1.165, 1.54) is 6.21 Å². The van der Waals surface area contributed by atoms with Crippen LogP contribution in [-0.2, 0) is 9.53 Å². The van der Waals surface area contributed by atoms with Crippen LogP contribution in [0.4, 0.5) is 0 Å². The largest absolute Gasteiger partial charge is 0.506 e. The number of benzene rings is 1. The number of hydrogen-bond donors (Lipinski definition) is 2. The van der Waals surface area contributed by atoms with Crippen LogP contribution in [0.1, 0.15) is 12.0 Å². The second-order valence-corrected chi connectivity index (χ2v) is 7.23. The zero-order chi connectivity index (χ0) is 15.9. The van der Waals surface area contributed by atoms with Gasteiger partial charge in [-0.1, -0.05) is 0 Å². The van der Waals surface area contributed by atoms with Crippen molar-refractivity contribution in [3.63, 3.8) is 0 Å². The van der Waals surface area contributed by atoms with E-state index < -0.39 is 0 Å². The zero-order valence-electron chi connectivity index (χ0n) is 11.9. The van der Waals surface area contributed by atoms with E-state index in [2.05, 4.69) is 60.6 Å². The fraction of sp³-hybridized carbons (Fsp3) is 0.429. The number of amides is 1. The Kier molecular flexibility index (Phi) is 7.31. The summed E-state index contributed by atoms with van der Waals surface area (Å²) in [6.07, 6.45) is 1.86. The van der Waals surface area contributed by atoms with Crippen LogP contribution in [0.5, 0.6) is 5.75 Å². The number of phenols is 1. The lowest BCUT2D eigenvalue weighted by atomic mass is 10.2. The van der Waals surface area contributed by atoms with E-state index in [4.69, 9.17) is 4.74 Å². The number of morpholine rings is 1. The van der Waals surface area contributed by atoms with Gasteiger partial charge in [0.2, 0.25) is 5.91 Å². The Bertz CT molecular complexity index is 561. The molecular formula is C14H17I2N3O3. The number of hydrogen-bond acceptors (Lipinski definition) is 5. The Morgan fingerprint density at radius 2 is 2.14 bits per heavy atom. The Balaban J connectivity index is 1.80. The number of hydrazone groups is 1. The molecule has 1 aliphatic rings. The summed E-state index contributed by atoms with van der Waals surface area (Å²) < 4.78 is 7.01. The van der Waals surface area contributed by atoms with Crippen molar-refractivity contribution < 1.29 is 14.6 Å². The van der Waals surface area contributed by atoms with E-state index in [1.54, 1.807) is 6.07 Å². The number of ether oxygens (including phenoxy) is 1. The average molecular weight is 529 g/mol. The number of carbonyl (C=O) groups excluding carboxylic acids is 1. The normalized spacial score (nSPS) is 16.1. The van der Waals surface area contributed by atoms with Gasteiger partial charge in [-0.05, 0) is 57.3 Å². The lowest BCUT2D eigenvalue weighted by molar-refractivity contribution is -0.121. The van der Waals surface area contributed by atoms with E-state index in [1.807, 2.05) is 6.07 Å². The van der Waals surface area contributed by atoms with E-state index in [0.717, 1.165) is 33.4 Å². The highest BCUT2D eigenvalue weighted by atomic mass is 127. The molecule has 22 heavy (non-hydrogen) atoms. The highest BCUT2D eigenvalue weighted by Crippen LogP contribution is 2.25. The van der Waals surface area contributed by atoms with E-state index in [9.17, 15) is 9.90 Å². The monoisotopic (exact) mass is 529 g/mol. The molecule has 1 saturated heterocycles. The lowest BCUT2D eigenvalue weighted by Crippen LogP contribution is -2.38. The standard InChI is InChI=1S/C14H17I2N3O3/c15-11-7-10(14(21)12(16)8-11)9-17-18-13(20)1-2-19-3-5-22-6-4-19/h7-9,21H,1-6H2,(H,18,20). The summed E-state index contributed by atoms with van der Waals surface area (Å²) in [4.78, 5) is 13.9. The average Bonchev–Trinajstić information content (AvgIpc) is 2.51. The van der Waals surface area contributed by atoms with Gasteiger partial charge < -0.3 is 9.84 Å². The van der Waals surface area contributed by atoms with Crippen molar-refractivity contribution in [2.75, 3.05) is 32.8 Å². The molecule has 0 unspecified atom stereocenters. The first-order valence-electron chi connectivity index (χ1n) is 6.86. The van der Waals surface area contributed by atoms with Crippen molar-refractivity contribution in [2.45, 2.75) is 6.42 Å². The van der Waals surface area contributed by atoms with E-state index >= 15 is 0 Å². The molecule has 0 aliphatic carbocycles. The molecule has 0 radical (unpaired) electrons. The molecule has 0 bridgehead atoms. The van der Waals surface area contributed by atoms with Crippen molar-refractivity contribution in [3.8, 4) is 5.75 Å². The molecular weight excluding hydrogens is 512 g/mol. The smallest absolute Gasteiger partial charge is 0.241 e. The molecule has 8 heteroatoms. The molecule has 0 saturated carbocycles. The number of halogens is 2. The molecule has 0 atom stereocenters. The van der Waals surface area contributed by atoms with Crippen LogP contribution in [0.3, 0.4) is 0 Å². The van der Waals surface area contributed by atoms with Crippen molar-refractivity contribution in [3.05, 3.63) is 24.8 Å². The van der Waals surface area contributed by atoms with Gasteiger partial charge in [0.05, 0.1) is 23.0 Å². The van der Waals surface area contributed by atoms with Crippen LogP contribution >= 0.6 is 45.2 Å². The number of carbonyl (C=O) groups is 1. The topological polar surface area (TPSA) is 74.2 Å². The first kappa shape index (κ1) is 17.9. The third-order valence-electron chi connectivity index (χ3n) is 3.21. The van der Waals surface area contributed by atoms with Gasteiger partial charge in [-0.3, -0.25) is 9.69 Å². The maximum absolute atomic E-state index is 11.7. The summed E-state index contributed by atoms with van der Waals surface area (Å²) in [5.41, 5.74) is 3.08. The molecule has 0 spiro atoms. The quantitative estimate of drug-likeness (QED) is 0.347. The molecule has 1 amide bonds. The van der Waals surface area contributed by atoms with Crippen LogP contribution in [0.2, 0.25) is 0 Å². The molecule has 0 aromatic heterocycles. The molecule has 1 heterocycles. The van der Waals surface area contributed by atoms with Crippen molar-refractivity contribution >= 4 is 57.3 Å². The fourth-order valence-corrected chi connectivity index (χ4v) is 3.89. The molecule has 120 valence electrons. The Morgan fingerprint density at radius 1 is 1.41 bits per heavy atom. The molecule has 1 aromatic rings. The molecule has 6 nitrogen and oxygen atoms in total. The number of phenolic OH excluding ortho intramolecular Hbond substituents is 1. The maximum atomic E-state index is 11.7. The maximum Gasteiger partial charge on any atom is 0.241 e. The molecule has 2 rings (SSSR count). The van der Waals surface area contributed by atoms with Crippen LogP contribution in [0.25, 0.3) is 0 Å². The predicted octanol–water partition coefficient (Wildman–Crippen LogP) is 1.77.